The molecule has 2 N–H and O–H groups in total. The molecule has 1 amide bonds. The summed E-state index contributed by atoms with van der Waals surface area (Å²) < 4.78 is 5.06. The number of rotatable bonds is 6. The Balaban J connectivity index is 1.61. The molecule has 3 aromatic rings. The van der Waals surface area contributed by atoms with Crippen LogP contribution in [0.4, 0.5) is 0 Å². The van der Waals surface area contributed by atoms with Crippen molar-refractivity contribution in [1.29, 1.82) is 0 Å². The van der Waals surface area contributed by atoms with Crippen LogP contribution in [0, 0.1) is 6.92 Å². The molecule has 120 valence electrons. The van der Waals surface area contributed by atoms with Crippen LogP contribution in [-0.2, 0) is 17.8 Å². The van der Waals surface area contributed by atoms with Gasteiger partial charge in [-0.3, -0.25) is 4.79 Å². The number of nitrogens with zero attached hydrogens (tertiary/aromatic N) is 1. The summed E-state index contributed by atoms with van der Waals surface area (Å²) in [6, 6.07) is 8.17. The Kier molecular flexibility index (Phi) is 4.73. The quantitative estimate of drug-likeness (QED) is 0.730. The van der Waals surface area contributed by atoms with E-state index in [1.165, 1.54) is 22.3 Å². The molecule has 0 radical (unpaired) electrons. The molecule has 0 unspecified atom stereocenters. The van der Waals surface area contributed by atoms with Gasteiger partial charge in [-0.05, 0) is 25.0 Å². The summed E-state index contributed by atoms with van der Waals surface area (Å²) in [6.45, 7) is 2.88. The first-order valence-electron chi connectivity index (χ1n) is 7.47. The third-order valence-electron chi connectivity index (χ3n) is 3.67. The summed E-state index contributed by atoms with van der Waals surface area (Å²) in [4.78, 5) is 20.5. The minimum atomic E-state index is -0.0674. The first-order valence-corrected chi connectivity index (χ1v) is 8.29. The van der Waals surface area contributed by atoms with Crippen LogP contribution in [0.1, 0.15) is 25.9 Å². The molecular formula is C17H19N3O2S. The van der Waals surface area contributed by atoms with E-state index in [1.807, 2.05) is 25.3 Å². The fourth-order valence-corrected chi connectivity index (χ4v) is 3.53. The number of amides is 1. The molecule has 0 saturated heterocycles. The van der Waals surface area contributed by atoms with Crippen molar-refractivity contribution >= 4 is 28.1 Å². The fourth-order valence-electron chi connectivity index (χ4n) is 2.58. The Morgan fingerprint density at radius 1 is 1.39 bits per heavy atom. The molecule has 0 spiro atoms. The summed E-state index contributed by atoms with van der Waals surface area (Å²) in [5, 5.41) is 5.01. The van der Waals surface area contributed by atoms with Gasteiger partial charge in [0.05, 0.1) is 12.3 Å². The standard InChI is InChI=1S/C17H19N3O2S/c1-11-16(23-15(20-11)10-22-2)17(21)18-8-7-12-9-19-14-6-4-3-5-13(12)14/h3-6,9,19H,7-8,10H2,1-2H3,(H,18,21). The van der Waals surface area contributed by atoms with Gasteiger partial charge in [0.25, 0.3) is 5.91 Å². The summed E-state index contributed by atoms with van der Waals surface area (Å²) in [5.41, 5.74) is 3.09. The molecule has 0 aliphatic carbocycles. The minimum Gasteiger partial charge on any atom is -0.378 e. The van der Waals surface area contributed by atoms with Gasteiger partial charge in [-0.1, -0.05) is 18.2 Å². The number of H-pyrrole nitrogens is 1. The van der Waals surface area contributed by atoms with Crippen LogP contribution in [-0.4, -0.2) is 29.5 Å². The predicted molar refractivity (Wildman–Crippen MR) is 91.9 cm³/mol. The molecule has 0 saturated carbocycles. The average Bonchev–Trinajstić information content (AvgIpc) is 3.12. The Morgan fingerprint density at radius 3 is 3.04 bits per heavy atom. The van der Waals surface area contributed by atoms with Gasteiger partial charge in [-0.15, -0.1) is 11.3 Å². The largest absolute Gasteiger partial charge is 0.378 e. The molecule has 23 heavy (non-hydrogen) atoms. The van der Waals surface area contributed by atoms with Crippen molar-refractivity contribution in [2.24, 2.45) is 0 Å². The zero-order valence-electron chi connectivity index (χ0n) is 13.2. The van der Waals surface area contributed by atoms with Crippen LogP contribution < -0.4 is 5.32 Å². The van der Waals surface area contributed by atoms with Gasteiger partial charge in [-0.2, -0.15) is 0 Å². The summed E-state index contributed by atoms with van der Waals surface area (Å²) in [5.74, 6) is -0.0674. The number of aromatic nitrogens is 2. The molecule has 3 rings (SSSR count). The van der Waals surface area contributed by atoms with E-state index < -0.39 is 0 Å². The molecular weight excluding hydrogens is 310 g/mol. The van der Waals surface area contributed by atoms with Crippen molar-refractivity contribution in [2.45, 2.75) is 20.0 Å². The smallest absolute Gasteiger partial charge is 0.263 e. The zero-order chi connectivity index (χ0) is 16.2. The van der Waals surface area contributed by atoms with E-state index >= 15 is 0 Å². The van der Waals surface area contributed by atoms with E-state index in [2.05, 4.69) is 27.4 Å². The van der Waals surface area contributed by atoms with Crippen LogP contribution in [0.15, 0.2) is 30.5 Å². The highest BCUT2D eigenvalue weighted by molar-refractivity contribution is 7.13. The van der Waals surface area contributed by atoms with Crippen molar-refractivity contribution in [2.75, 3.05) is 13.7 Å². The van der Waals surface area contributed by atoms with E-state index in [0.717, 1.165) is 22.6 Å². The Labute approximate surface area is 138 Å². The van der Waals surface area contributed by atoms with Crippen molar-refractivity contribution in [3.63, 3.8) is 0 Å². The number of thiazole rings is 1. The lowest BCUT2D eigenvalue weighted by Crippen LogP contribution is -2.25. The minimum absolute atomic E-state index is 0.0674. The maximum atomic E-state index is 12.3. The molecule has 6 heteroatoms. The SMILES string of the molecule is COCc1nc(C)c(C(=O)NCCc2c[nH]c3ccccc23)s1. The lowest BCUT2D eigenvalue weighted by atomic mass is 10.1. The molecule has 2 heterocycles. The molecule has 0 aliphatic rings. The van der Waals surface area contributed by atoms with Gasteiger partial charge in [0.15, 0.2) is 0 Å². The van der Waals surface area contributed by atoms with Crippen LogP contribution in [0.2, 0.25) is 0 Å². The second-order valence-electron chi connectivity index (χ2n) is 5.32. The van der Waals surface area contributed by atoms with Crippen LogP contribution in [0.3, 0.4) is 0 Å². The molecule has 2 aromatic heterocycles. The van der Waals surface area contributed by atoms with Gasteiger partial charge in [-0.25, -0.2) is 4.98 Å². The Morgan fingerprint density at radius 2 is 2.22 bits per heavy atom. The van der Waals surface area contributed by atoms with E-state index in [-0.39, 0.29) is 5.91 Å². The predicted octanol–water partition coefficient (Wildman–Crippen LogP) is 3.05. The summed E-state index contributed by atoms with van der Waals surface area (Å²) in [6.07, 6.45) is 2.80. The number of carbonyl (C=O) groups excluding carboxylic acids is 1. The van der Waals surface area contributed by atoms with Crippen LogP contribution in [0.25, 0.3) is 10.9 Å². The topological polar surface area (TPSA) is 67.0 Å². The van der Waals surface area contributed by atoms with E-state index in [9.17, 15) is 4.79 Å². The number of para-hydroxylation sites is 1. The van der Waals surface area contributed by atoms with Crippen molar-refractivity contribution in [3.05, 3.63) is 51.6 Å². The summed E-state index contributed by atoms with van der Waals surface area (Å²) >= 11 is 1.39. The van der Waals surface area contributed by atoms with Gasteiger partial charge < -0.3 is 15.0 Å². The molecule has 5 nitrogen and oxygen atoms in total. The number of fused-ring (bicyclic) bond motifs is 1. The van der Waals surface area contributed by atoms with Crippen molar-refractivity contribution in [3.8, 4) is 0 Å². The highest BCUT2D eigenvalue weighted by Gasteiger charge is 2.15. The summed E-state index contributed by atoms with van der Waals surface area (Å²) in [7, 11) is 1.62. The second kappa shape index (κ2) is 6.93. The van der Waals surface area contributed by atoms with Gasteiger partial charge in [0.1, 0.15) is 9.88 Å². The van der Waals surface area contributed by atoms with Crippen molar-refractivity contribution < 1.29 is 9.53 Å². The number of carbonyl (C=O) groups is 1. The number of nitrogens with one attached hydrogen (secondary N) is 2. The Bertz CT molecular complexity index is 822. The number of benzene rings is 1. The van der Waals surface area contributed by atoms with Crippen LogP contribution in [0.5, 0.6) is 0 Å². The van der Waals surface area contributed by atoms with Gasteiger partial charge >= 0.3 is 0 Å². The number of hydrogen-bond acceptors (Lipinski definition) is 4. The molecule has 0 bridgehead atoms. The zero-order valence-corrected chi connectivity index (χ0v) is 14.0. The molecule has 0 aliphatic heterocycles. The molecule has 1 aromatic carbocycles. The van der Waals surface area contributed by atoms with Gasteiger partial charge in [0.2, 0.25) is 0 Å². The maximum absolute atomic E-state index is 12.3. The molecule has 0 atom stereocenters. The maximum Gasteiger partial charge on any atom is 0.263 e. The second-order valence-corrected chi connectivity index (χ2v) is 6.40. The normalized spacial score (nSPS) is 11.0. The Hall–Kier alpha value is -2.18. The lowest BCUT2D eigenvalue weighted by molar-refractivity contribution is 0.0957. The molecule has 0 fully saturated rings. The van der Waals surface area contributed by atoms with Crippen molar-refractivity contribution in [1.82, 2.24) is 15.3 Å². The number of methoxy groups -OCH3 is 1. The number of ether oxygens (including phenoxy) is 1. The fraction of sp³-hybridized carbons (Fsp3) is 0.294. The van der Waals surface area contributed by atoms with Crippen LogP contribution >= 0.6 is 11.3 Å². The van der Waals surface area contributed by atoms with E-state index in [0.29, 0.717) is 18.0 Å². The third kappa shape index (κ3) is 3.43. The highest BCUT2D eigenvalue weighted by atomic mass is 32.1. The first-order chi connectivity index (χ1) is 11.2. The number of aryl methyl sites for hydroxylation is 1. The highest BCUT2D eigenvalue weighted by Crippen LogP contribution is 2.19. The van der Waals surface area contributed by atoms with E-state index in [4.69, 9.17) is 4.74 Å². The first kappa shape index (κ1) is 15.7. The lowest BCUT2D eigenvalue weighted by Gasteiger charge is -2.03. The average molecular weight is 329 g/mol. The third-order valence-corrected chi connectivity index (χ3v) is 4.80. The van der Waals surface area contributed by atoms with E-state index in [1.54, 1.807) is 7.11 Å². The van der Waals surface area contributed by atoms with Gasteiger partial charge in [0, 0.05) is 30.8 Å². The monoisotopic (exact) mass is 329 g/mol. The number of hydrogen-bond donors (Lipinski definition) is 2. The number of aromatic amines is 1.